The first-order valence-electron chi connectivity index (χ1n) is 7.77. The molecule has 0 atom stereocenters. The van der Waals surface area contributed by atoms with Crippen LogP contribution in [0.3, 0.4) is 0 Å². The maximum absolute atomic E-state index is 12.1. The molecule has 0 amide bonds. The fraction of sp³-hybridized carbons (Fsp3) is 0.278. The van der Waals surface area contributed by atoms with Gasteiger partial charge in [-0.15, -0.1) is 0 Å². The van der Waals surface area contributed by atoms with E-state index >= 15 is 0 Å². The minimum absolute atomic E-state index is 0.0489. The lowest BCUT2D eigenvalue weighted by Crippen LogP contribution is -2.17. The van der Waals surface area contributed by atoms with Gasteiger partial charge in [-0.25, -0.2) is 0 Å². The second-order valence-corrected chi connectivity index (χ2v) is 5.74. The molecule has 0 unspecified atom stereocenters. The monoisotopic (exact) mass is 320 g/mol. The van der Waals surface area contributed by atoms with E-state index in [1.54, 1.807) is 18.2 Å². The summed E-state index contributed by atoms with van der Waals surface area (Å²) in [5.41, 5.74) is 5.88. The van der Waals surface area contributed by atoms with Crippen LogP contribution in [0.1, 0.15) is 36.8 Å². The van der Waals surface area contributed by atoms with Gasteiger partial charge in [0.2, 0.25) is 0 Å². The molecule has 1 saturated carbocycles. The number of H-pyrrole nitrogens is 1. The number of rotatable bonds is 3. The zero-order valence-corrected chi connectivity index (χ0v) is 13.0. The van der Waals surface area contributed by atoms with Gasteiger partial charge in [0.1, 0.15) is 34.8 Å². The van der Waals surface area contributed by atoms with Gasteiger partial charge < -0.3 is 15.5 Å². The molecule has 6 heteroatoms. The molecule has 0 bridgehead atoms. The zero-order valence-electron chi connectivity index (χ0n) is 13.0. The van der Waals surface area contributed by atoms with Gasteiger partial charge >= 0.3 is 0 Å². The van der Waals surface area contributed by atoms with Crippen molar-refractivity contribution in [2.24, 2.45) is 0 Å². The van der Waals surface area contributed by atoms with Crippen molar-refractivity contribution in [1.29, 1.82) is 10.5 Å². The molecular weight excluding hydrogens is 304 g/mol. The number of nitriles is 2. The zero-order chi connectivity index (χ0) is 17.1. The van der Waals surface area contributed by atoms with E-state index in [9.17, 15) is 15.3 Å². The second kappa shape index (κ2) is 6.47. The molecule has 3 N–H and O–H groups in total. The van der Waals surface area contributed by atoms with Crippen LogP contribution in [0.2, 0.25) is 0 Å². The Hall–Kier alpha value is -3.25. The van der Waals surface area contributed by atoms with Crippen molar-refractivity contribution in [3.63, 3.8) is 0 Å². The number of aromatic nitrogens is 1. The van der Waals surface area contributed by atoms with E-state index in [1.807, 2.05) is 18.2 Å². The number of hydrogen-bond donors (Lipinski definition) is 2. The predicted octanol–water partition coefficient (Wildman–Crippen LogP) is 2.69. The number of pyridine rings is 1. The summed E-state index contributed by atoms with van der Waals surface area (Å²) in [6.45, 7) is 0. The van der Waals surface area contributed by atoms with Gasteiger partial charge in [0.15, 0.2) is 0 Å². The van der Waals surface area contributed by atoms with E-state index in [0.29, 0.717) is 11.3 Å². The average molecular weight is 320 g/mol. The summed E-state index contributed by atoms with van der Waals surface area (Å²) in [4.78, 5) is 14.4. The number of anilines is 1. The highest BCUT2D eigenvalue weighted by atomic mass is 16.5. The third-order valence-corrected chi connectivity index (χ3v) is 4.22. The van der Waals surface area contributed by atoms with E-state index in [0.717, 1.165) is 25.7 Å². The quantitative estimate of drug-likeness (QED) is 0.902. The van der Waals surface area contributed by atoms with E-state index in [1.165, 1.54) is 0 Å². The topological polar surface area (TPSA) is 116 Å². The molecule has 120 valence electrons. The number of nitrogen functional groups attached to an aromatic ring is 1. The van der Waals surface area contributed by atoms with Crippen LogP contribution in [-0.4, -0.2) is 11.1 Å². The number of nitrogens with two attached hydrogens (primary N) is 1. The molecule has 0 aliphatic heterocycles. The number of ether oxygens (including phenoxy) is 1. The van der Waals surface area contributed by atoms with Crippen LogP contribution in [0.5, 0.6) is 5.75 Å². The Kier molecular flexibility index (Phi) is 4.22. The predicted molar refractivity (Wildman–Crippen MR) is 89.2 cm³/mol. The van der Waals surface area contributed by atoms with Gasteiger partial charge in [-0.3, -0.25) is 4.79 Å². The van der Waals surface area contributed by atoms with Crippen molar-refractivity contribution in [3.05, 3.63) is 45.7 Å². The average Bonchev–Trinajstić information content (AvgIpc) is 3.08. The Bertz CT molecular complexity index is 912. The standard InChI is InChI=1S/C18H16N4O2/c19-9-13-16(14(10-20)18(23)22-17(13)21)12-7-3-4-8-15(12)24-11-5-1-2-6-11/h3-4,7-8,11H,1-2,5-6H2,(H3,21,22,23). The van der Waals surface area contributed by atoms with Crippen molar-refractivity contribution in [2.75, 3.05) is 5.73 Å². The molecule has 0 saturated heterocycles. The normalized spacial score (nSPS) is 14.1. The van der Waals surface area contributed by atoms with E-state index < -0.39 is 5.56 Å². The number of benzene rings is 1. The van der Waals surface area contributed by atoms with Gasteiger partial charge in [0, 0.05) is 11.1 Å². The summed E-state index contributed by atoms with van der Waals surface area (Å²) in [7, 11) is 0. The molecule has 1 aliphatic rings. The SMILES string of the molecule is N#Cc1c(N)[nH]c(=O)c(C#N)c1-c1ccccc1OC1CCCC1. The Morgan fingerprint density at radius 2 is 1.79 bits per heavy atom. The Morgan fingerprint density at radius 3 is 2.46 bits per heavy atom. The largest absolute Gasteiger partial charge is 0.490 e. The molecule has 1 aromatic heterocycles. The lowest BCUT2D eigenvalue weighted by molar-refractivity contribution is 0.211. The van der Waals surface area contributed by atoms with Gasteiger partial charge in [-0.2, -0.15) is 10.5 Å². The molecule has 0 spiro atoms. The third-order valence-electron chi connectivity index (χ3n) is 4.22. The molecule has 1 aromatic carbocycles. The highest BCUT2D eigenvalue weighted by Crippen LogP contribution is 2.36. The summed E-state index contributed by atoms with van der Waals surface area (Å²) in [5, 5.41) is 18.8. The summed E-state index contributed by atoms with van der Waals surface area (Å²) < 4.78 is 6.07. The molecule has 6 nitrogen and oxygen atoms in total. The third kappa shape index (κ3) is 2.70. The molecule has 2 aromatic rings. The van der Waals surface area contributed by atoms with Crippen LogP contribution in [0.4, 0.5) is 5.82 Å². The van der Waals surface area contributed by atoms with Crippen LogP contribution >= 0.6 is 0 Å². The Labute approximate surface area is 139 Å². The first kappa shape index (κ1) is 15.6. The molecule has 3 rings (SSSR count). The lowest BCUT2D eigenvalue weighted by atomic mass is 9.96. The first-order valence-corrected chi connectivity index (χ1v) is 7.77. The number of hydrogen-bond acceptors (Lipinski definition) is 5. The van der Waals surface area contributed by atoms with Gasteiger partial charge in [-0.05, 0) is 31.7 Å². The number of nitrogens with zero attached hydrogens (tertiary/aromatic N) is 2. The van der Waals surface area contributed by atoms with E-state index in [4.69, 9.17) is 10.5 Å². The molecule has 24 heavy (non-hydrogen) atoms. The van der Waals surface area contributed by atoms with Crippen molar-refractivity contribution in [2.45, 2.75) is 31.8 Å². The lowest BCUT2D eigenvalue weighted by Gasteiger charge is -2.18. The second-order valence-electron chi connectivity index (χ2n) is 5.74. The van der Waals surface area contributed by atoms with Gasteiger partial charge in [0.05, 0.1) is 6.10 Å². The van der Waals surface area contributed by atoms with Crippen molar-refractivity contribution in [3.8, 4) is 29.0 Å². The summed E-state index contributed by atoms with van der Waals surface area (Å²) in [5.74, 6) is 0.509. The van der Waals surface area contributed by atoms with E-state index in [-0.39, 0.29) is 28.6 Å². The summed E-state index contributed by atoms with van der Waals surface area (Å²) >= 11 is 0. The highest BCUT2D eigenvalue weighted by Gasteiger charge is 2.23. The van der Waals surface area contributed by atoms with Crippen LogP contribution in [0, 0.1) is 22.7 Å². The number of nitrogens with one attached hydrogen (secondary N) is 1. The smallest absolute Gasteiger partial charge is 0.268 e. The minimum Gasteiger partial charge on any atom is -0.490 e. The maximum Gasteiger partial charge on any atom is 0.268 e. The van der Waals surface area contributed by atoms with Crippen LogP contribution in [0.15, 0.2) is 29.1 Å². The number of para-hydroxylation sites is 1. The molecule has 1 heterocycles. The Balaban J connectivity index is 2.21. The van der Waals surface area contributed by atoms with Crippen LogP contribution < -0.4 is 16.0 Å². The van der Waals surface area contributed by atoms with Crippen molar-refractivity contribution >= 4 is 5.82 Å². The van der Waals surface area contributed by atoms with Gasteiger partial charge in [0.25, 0.3) is 5.56 Å². The molecule has 1 aliphatic carbocycles. The molecular formula is C18H16N4O2. The van der Waals surface area contributed by atoms with Crippen molar-refractivity contribution < 1.29 is 4.74 Å². The highest BCUT2D eigenvalue weighted by molar-refractivity contribution is 5.83. The fourth-order valence-electron chi connectivity index (χ4n) is 3.07. The maximum atomic E-state index is 12.1. The molecule has 1 fully saturated rings. The number of aromatic amines is 1. The molecule has 0 radical (unpaired) electrons. The van der Waals surface area contributed by atoms with Crippen molar-refractivity contribution in [1.82, 2.24) is 4.98 Å². The minimum atomic E-state index is -0.611. The van der Waals surface area contributed by atoms with E-state index in [2.05, 4.69) is 4.98 Å². The van der Waals surface area contributed by atoms with Gasteiger partial charge in [-0.1, -0.05) is 18.2 Å². The fourth-order valence-corrected chi connectivity index (χ4v) is 3.07. The first-order chi connectivity index (χ1) is 11.7. The van der Waals surface area contributed by atoms with Crippen LogP contribution in [0.25, 0.3) is 11.1 Å². The summed E-state index contributed by atoms with van der Waals surface area (Å²) in [6.07, 6.45) is 4.31. The summed E-state index contributed by atoms with van der Waals surface area (Å²) in [6, 6.07) is 11.0. The Morgan fingerprint density at radius 1 is 1.12 bits per heavy atom. The van der Waals surface area contributed by atoms with Crippen LogP contribution in [-0.2, 0) is 0 Å².